The zero-order valence-corrected chi connectivity index (χ0v) is 12.9. The Morgan fingerprint density at radius 1 is 1.47 bits per heavy atom. The number of nitrogen functional groups attached to an aromatic ring is 1. The monoisotopic (exact) mass is 324 g/mol. The van der Waals surface area contributed by atoms with Crippen LogP contribution in [-0.4, -0.2) is 11.9 Å². The Labute approximate surface area is 123 Å². The molecule has 104 valence electrons. The van der Waals surface area contributed by atoms with Gasteiger partial charge in [0, 0.05) is 4.47 Å². The van der Waals surface area contributed by atoms with Crippen molar-refractivity contribution < 1.29 is 4.74 Å². The van der Waals surface area contributed by atoms with E-state index in [0.29, 0.717) is 5.56 Å². The molecule has 19 heavy (non-hydrogen) atoms. The first kappa shape index (κ1) is 14.4. The van der Waals surface area contributed by atoms with Gasteiger partial charge in [0.2, 0.25) is 0 Å². The van der Waals surface area contributed by atoms with Crippen molar-refractivity contribution in [3.05, 3.63) is 28.2 Å². The van der Waals surface area contributed by atoms with Gasteiger partial charge >= 0.3 is 0 Å². The average Bonchev–Trinajstić information content (AvgIpc) is 2.38. The normalized spacial score (nSPS) is 23.1. The predicted octanol–water partition coefficient (Wildman–Crippen LogP) is 4.08. The zero-order chi connectivity index (χ0) is 13.8. The first-order valence-corrected chi connectivity index (χ1v) is 7.70. The Bertz CT molecular complexity index is 461. The molecule has 0 saturated heterocycles. The smallest absolute Gasteiger partial charge is 0.131 e. The van der Waals surface area contributed by atoms with Crippen LogP contribution in [0.2, 0.25) is 0 Å². The maximum Gasteiger partial charge on any atom is 0.131 e. The van der Waals surface area contributed by atoms with E-state index in [1.165, 1.54) is 19.3 Å². The van der Waals surface area contributed by atoms with Crippen LogP contribution in [0, 0.1) is 11.3 Å². The summed E-state index contributed by atoms with van der Waals surface area (Å²) in [5.74, 6) is 1.56. The van der Waals surface area contributed by atoms with Crippen molar-refractivity contribution in [3.63, 3.8) is 0 Å². The average molecular weight is 325 g/mol. The molecule has 0 bridgehead atoms. The number of hydrogen-bond donors (Lipinski definition) is 2. The second-order valence-corrected chi connectivity index (χ2v) is 6.15. The third-order valence-corrected chi connectivity index (χ3v) is 4.33. The Hall–Kier alpha value is -1.03. The molecule has 1 aliphatic carbocycles. The molecule has 0 amide bonds. The molecule has 0 aliphatic heterocycles. The van der Waals surface area contributed by atoms with Gasteiger partial charge in [-0.25, -0.2) is 0 Å². The van der Waals surface area contributed by atoms with Gasteiger partial charge in [-0.3, -0.25) is 5.41 Å². The van der Waals surface area contributed by atoms with Gasteiger partial charge in [0.1, 0.15) is 11.6 Å². The second-order valence-electron chi connectivity index (χ2n) is 5.23. The van der Waals surface area contributed by atoms with Crippen LogP contribution in [-0.2, 0) is 0 Å². The highest BCUT2D eigenvalue weighted by molar-refractivity contribution is 9.10. The maximum absolute atomic E-state index is 7.62. The lowest BCUT2D eigenvalue weighted by Crippen LogP contribution is -2.26. The molecule has 0 aromatic heterocycles. The number of amidine groups is 1. The molecule has 3 N–H and O–H groups in total. The number of nitrogens with two attached hydrogens (primary N) is 1. The van der Waals surface area contributed by atoms with Crippen LogP contribution in [0.4, 0.5) is 0 Å². The highest BCUT2D eigenvalue weighted by atomic mass is 79.9. The van der Waals surface area contributed by atoms with Crippen molar-refractivity contribution in [2.24, 2.45) is 11.7 Å². The van der Waals surface area contributed by atoms with Crippen molar-refractivity contribution in [3.8, 4) is 5.75 Å². The fraction of sp³-hybridized carbons (Fsp3) is 0.533. The van der Waals surface area contributed by atoms with E-state index >= 15 is 0 Å². The van der Waals surface area contributed by atoms with Crippen LogP contribution in [0.1, 0.15) is 44.6 Å². The van der Waals surface area contributed by atoms with Gasteiger partial charge in [-0.2, -0.15) is 0 Å². The first-order chi connectivity index (χ1) is 9.10. The van der Waals surface area contributed by atoms with E-state index in [2.05, 4.69) is 22.9 Å². The molecule has 4 heteroatoms. The Balaban J connectivity index is 2.13. The van der Waals surface area contributed by atoms with Crippen molar-refractivity contribution in [2.75, 3.05) is 0 Å². The maximum atomic E-state index is 7.62. The lowest BCUT2D eigenvalue weighted by molar-refractivity contribution is 0.122. The summed E-state index contributed by atoms with van der Waals surface area (Å²) in [6.07, 6.45) is 6.23. The van der Waals surface area contributed by atoms with Gasteiger partial charge < -0.3 is 10.5 Å². The number of hydrogen-bond acceptors (Lipinski definition) is 2. The van der Waals surface area contributed by atoms with Gasteiger partial charge in [0.25, 0.3) is 0 Å². The van der Waals surface area contributed by atoms with Crippen molar-refractivity contribution in [1.29, 1.82) is 5.41 Å². The highest BCUT2D eigenvalue weighted by Crippen LogP contribution is 2.32. The summed E-state index contributed by atoms with van der Waals surface area (Å²) in [7, 11) is 0. The number of benzene rings is 1. The van der Waals surface area contributed by atoms with Crippen LogP contribution in [0.5, 0.6) is 5.75 Å². The first-order valence-electron chi connectivity index (χ1n) is 6.90. The topological polar surface area (TPSA) is 59.1 Å². The highest BCUT2D eigenvalue weighted by Gasteiger charge is 2.23. The minimum absolute atomic E-state index is 0.0605. The SMILES string of the molecule is CCC1CCCC(Oc2cc(Br)ccc2C(=N)N)C1. The summed E-state index contributed by atoms with van der Waals surface area (Å²) >= 11 is 3.44. The quantitative estimate of drug-likeness (QED) is 0.647. The fourth-order valence-corrected chi connectivity index (χ4v) is 3.06. The minimum Gasteiger partial charge on any atom is -0.490 e. The Kier molecular flexibility index (Phi) is 4.86. The summed E-state index contributed by atoms with van der Waals surface area (Å²) < 4.78 is 7.06. The molecule has 0 spiro atoms. The van der Waals surface area contributed by atoms with Crippen molar-refractivity contribution in [1.82, 2.24) is 0 Å². The molecule has 2 unspecified atom stereocenters. The molecule has 3 nitrogen and oxygen atoms in total. The van der Waals surface area contributed by atoms with E-state index in [0.717, 1.165) is 29.0 Å². The van der Waals surface area contributed by atoms with Crippen molar-refractivity contribution >= 4 is 21.8 Å². The van der Waals surface area contributed by atoms with E-state index in [1.807, 2.05) is 18.2 Å². The summed E-state index contributed by atoms with van der Waals surface area (Å²) in [5.41, 5.74) is 6.29. The van der Waals surface area contributed by atoms with Gasteiger partial charge in [-0.15, -0.1) is 0 Å². The summed E-state index contributed by atoms with van der Waals surface area (Å²) in [6, 6.07) is 5.63. The van der Waals surface area contributed by atoms with E-state index in [4.69, 9.17) is 15.9 Å². The van der Waals surface area contributed by atoms with Crippen LogP contribution in [0.15, 0.2) is 22.7 Å². The van der Waals surface area contributed by atoms with E-state index < -0.39 is 0 Å². The minimum atomic E-state index is 0.0605. The molecule has 1 aliphatic rings. The van der Waals surface area contributed by atoms with Gasteiger partial charge in [0.15, 0.2) is 0 Å². The van der Waals surface area contributed by atoms with Crippen LogP contribution in [0.25, 0.3) is 0 Å². The van der Waals surface area contributed by atoms with Crippen LogP contribution < -0.4 is 10.5 Å². The molecule has 1 aromatic carbocycles. The lowest BCUT2D eigenvalue weighted by Gasteiger charge is -2.29. The fourth-order valence-electron chi connectivity index (χ4n) is 2.72. The predicted molar refractivity (Wildman–Crippen MR) is 81.8 cm³/mol. The van der Waals surface area contributed by atoms with E-state index in [1.54, 1.807) is 0 Å². The van der Waals surface area contributed by atoms with Gasteiger partial charge in [-0.05, 0) is 43.4 Å². The Morgan fingerprint density at radius 3 is 2.95 bits per heavy atom. The molecule has 1 fully saturated rings. The molecule has 2 rings (SSSR count). The summed E-state index contributed by atoms with van der Waals surface area (Å²) in [4.78, 5) is 0. The van der Waals surface area contributed by atoms with Crippen LogP contribution >= 0.6 is 15.9 Å². The van der Waals surface area contributed by atoms with Crippen molar-refractivity contribution in [2.45, 2.75) is 45.1 Å². The third-order valence-electron chi connectivity index (χ3n) is 3.84. The lowest BCUT2D eigenvalue weighted by atomic mass is 9.85. The molecular weight excluding hydrogens is 304 g/mol. The number of rotatable bonds is 4. The Morgan fingerprint density at radius 2 is 2.26 bits per heavy atom. The molecule has 0 radical (unpaired) electrons. The largest absolute Gasteiger partial charge is 0.490 e. The standard InChI is InChI=1S/C15H21BrN2O/c1-2-10-4-3-5-12(8-10)19-14-9-11(16)6-7-13(14)15(17)18/h6-7,9-10,12H,2-5,8H2,1H3,(H3,17,18). The molecule has 1 aromatic rings. The molecule has 0 heterocycles. The van der Waals surface area contributed by atoms with E-state index in [-0.39, 0.29) is 11.9 Å². The van der Waals surface area contributed by atoms with Crippen LogP contribution in [0.3, 0.4) is 0 Å². The summed E-state index contributed by atoms with van der Waals surface area (Å²) in [6.45, 7) is 2.24. The number of nitrogens with one attached hydrogen (secondary N) is 1. The van der Waals surface area contributed by atoms with E-state index in [9.17, 15) is 0 Å². The number of halogens is 1. The third kappa shape index (κ3) is 3.72. The van der Waals surface area contributed by atoms with Gasteiger partial charge in [-0.1, -0.05) is 35.7 Å². The summed E-state index contributed by atoms with van der Waals surface area (Å²) in [5, 5.41) is 7.62. The second kappa shape index (κ2) is 6.42. The van der Waals surface area contributed by atoms with Gasteiger partial charge in [0.05, 0.1) is 11.7 Å². The number of ether oxygens (including phenoxy) is 1. The molecular formula is C15H21BrN2O. The molecule has 1 saturated carbocycles. The molecule has 2 atom stereocenters. The zero-order valence-electron chi connectivity index (χ0n) is 11.3.